The van der Waals surface area contributed by atoms with Crippen molar-refractivity contribution in [3.8, 4) is 0 Å². The van der Waals surface area contributed by atoms with Crippen molar-refractivity contribution in [1.82, 2.24) is 4.98 Å². The van der Waals surface area contributed by atoms with E-state index in [1.165, 1.54) is 0 Å². The SMILES string of the molecule is O=C(O)[C@@H]1C[C@H]1c1cc2cc(Cl)ccc2[nH]1. The fourth-order valence-corrected chi connectivity index (χ4v) is 2.32. The molecule has 2 N–H and O–H groups in total. The van der Waals surface area contributed by atoms with Gasteiger partial charge in [-0.05, 0) is 30.7 Å². The Morgan fingerprint density at radius 2 is 2.25 bits per heavy atom. The summed E-state index contributed by atoms with van der Waals surface area (Å²) >= 11 is 5.89. The van der Waals surface area contributed by atoms with Gasteiger partial charge in [0.25, 0.3) is 0 Å². The van der Waals surface area contributed by atoms with Crippen molar-refractivity contribution >= 4 is 28.5 Å². The molecule has 2 atom stereocenters. The summed E-state index contributed by atoms with van der Waals surface area (Å²) in [6, 6.07) is 7.62. The van der Waals surface area contributed by atoms with E-state index in [4.69, 9.17) is 16.7 Å². The highest BCUT2D eigenvalue weighted by Crippen LogP contribution is 2.47. The number of carboxylic acids is 1. The Kier molecular flexibility index (Phi) is 1.98. The summed E-state index contributed by atoms with van der Waals surface area (Å²) in [6.45, 7) is 0. The molecule has 1 aliphatic rings. The molecule has 82 valence electrons. The number of carboxylic acid groups (broad SMARTS) is 1. The largest absolute Gasteiger partial charge is 0.481 e. The van der Waals surface area contributed by atoms with E-state index in [1.54, 1.807) is 0 Å². The number of rotatable bonds is 2. The summed E-state index contributed by atoms with van der Waals surface area (Å²) in [5.41, 5.74) is 2.01. The van der Waals surface area contributed by atoms with Crippen molar-refractivity contribution in [3.63, 3.8) is 0 Å². The molecule has 3 nitrogen and oxygen atoms in total. The fraction of sp³-hybridized carbons (Fsp3) is 0.250. The van der Waals surface area contributed by atoms with Crippen LogP contribution in [0.1, 0.15) is 18.0 Å². The number of aliphatic carboxylic acids is 1. The molecule has 1 aliphatic carbocycles. The number of carbonyl (C=O) groups is 1. The van der Waals surface area contributed by atoms with E-state index in [9.17, 15) is 4.79 Å². The molecule has 1 saturated carbocycles. The molecule has 4 heteroatoms. The van der Waals surface area contributed by atoms with Crippen LogP contribution in [0.2, 0.25) is 5.02 Å². The van der Waals surface area contributed by atoms with E-state index in [1.807, 2.05) is 24.3 Å². The first-order chi connectivity index (χ1) is 7.65. The summed E-state index contributed by atoms with van der Waals surface area (Å²) in [6.07, 6.45) is 0.732. The summed E-state index contributed by atoms with van der Waals surface area (Å²) in [4.78, 5) is 14.0. The number of fused-ring (bicyclic) bond motifs is 1. The molecule has 0 saturated heterocycles. The number of nitrogens with one attached hydrogen (secondary N) is 1. The maximum absolute atomic E-state index is 10.8. The third-order valence-corrected chi connectivity index (χ3v) is 3.35. The van der Waals surface area contributed by atoms with E-state index in [0.717, 1.165) is 23.0 Å². The molecular weight excluding hydrogens is 226 g/mol. The molecule has 1 fully saturated rings. The second kappa shape index (κ2) is 3.25. The van der Waals surface area contributed by atoms with Gasteiger partial charge in [0, 0.05) is 27.5 Å². The van der Waals surface area contributed by atoms with Gasteiger partial charge in [-0.2, -0.15) is 0 Å². The predicted octanol–water partition coefficient (Wildman–Crippen LogP) is 3.01. The highest BCUT2D eigenvalue weighted by atomic mass is 35.5. The van der Waals surface area contributed by atoms with Gasteiger partial charge in [-0.3, -0.25) is 4.79 Å². The minimum Gasteiger partial charge on any atom is -0.481 e. The molecule has 0 radical (unpaired) electrons. The predicted molar refractivity (Wildman–Crippen MR) is 61.8 cm³/mol. The number of aromatic amines is 1. The second-order valence-corrected chi connectivity index (χ2v) is 4.68. The standard InChI is InChI=1S/C12H10ClNO2/c13-7-1-2-10-6(3-7)4-11(14-10)8-5-9(8)12(15)16/h1-4,8-9,14H,5H2,(H,15,16)/t8-,9-/m1/s1. The summed E-state index contributed by atoms with van der Waals surface area (Å²) in [7, 11) is 0. The van der Waals surface area contributed by atoms with Crippen molar-refractivity contribution in [2.45, 2.75) is 12.3 Å². The Labute approximate surface area is 97.0 Å². The molecule has 16 heavy (non-hydrogen) atoms. The number of halogens is 1. The average molecular weight is 236 g/mol. The minimum absolute atomic E-state index is 0.142. The van der Waals surface area contributed by atoms with Crippen molar-refractivity contribution in [2.75, 3.05) is 0 Å². The number of hydrogen-bond donors (Lipinski definition) is 2. The zero-order valence-corrected chi connectivity index (χ0v) is 9.16. The Morgan fingerprint density at radius 1 is 1.44 bits per heavy atom. The third kappa shape index (κ3) is 1.48. The summed E-state index contributed by atoms with van der Waals surface area (Å²) in [5, 5.41) is 10.6. The van der Waals surface area contributed by atoms with Crippen molar-refractivity contribution in [3.05, 3.63) is 35.0 Å². The normalized spacial score (nSPS) is 23.6. The van der Waals surface area contributed by atoms with Crippen LogP contribution in [0, 0.1) is 5.92 Å². The molecule has 2 aromatic rings. The zero-order chi connectivity index (χ0) is 11.3. The fourth-order valence-electron chi connectivity index (χ4n) is 2.14. The van der Waals surface area contributed by atoms with Gasteiger partial charge < -0.3 is 10.1 Å². The molecular formula is C12H10ClNO2. The maximum Gasteiger partial charge on any atom is 0.307 e. The molecule has 0 bridgehead atoms. The monoisotopic (exact) mass is 235 g/mol. The van der Waals surface area contributed by atoms with Gasteiger partial charge >= 0.3 is 5.97 Å². The van der Waals surface area contributed by atoms with Gasteiger partial charge in [0.2, 0.25) is 0 Å². The van der Waals surface area contributed by atoms with Gasteiger partial charge in [-0.25, -0.2) is 0 Å². The number of H-pyrrole nitrogens is 1. The average Bonchev–Trinajstić information content (AvgIpc) is 2.93. The van der Waals surface area contributed by atoms with E-state index in [-0.39, 0.29) is 11.8 Å². The second-order valence-electron chi connectivity index (χ2n) is 4.24. The quantitative estimate of drug-likeness (QED) is 0.841. The highest BCUT2D eigenvalue weighted by molar-refractivity contribution is 6.31. The van der Waals surface area contributed by atoms with E-state index < -0.39 is 5.97 Å². The van der Waals surface area contributed by atoms with Gasteiger partial charge in [-0.15, -0.1) is 0 Å². The van der Waals surface area contributed by atoms with Crippen molar-refractivity contribution in [1.29, 1.82) is 0 Å². The first-order valence-corrected chi connectivity index (χ1v) is 5.54. The van der Waals surface area contributed by atoms with Crippen LogP contribution in [0.25, 0.3) is 10.9 Å². The van der Waals surface area contributed by atoms with Gasteiger partial charge in [-0.1, -0.05) is 11.6 Å². The van der Waals surface area contributed by atoms with Crippen LogP contribution < -0.4 is 0 Å². The van der Waals surface area contributed by atoms with Crippen LogP contribution in [-0.2, 0) is 4.79 Å². The Hall–Kier alpha value is -1.48. The van der Waals surface area contributed by atoms with Crippen molar-refractivity contribution in [2.24, 2.45) is 5.92 Å². The topological polar surface area (TPSA) is 53.1 Å². The summed E-state index contributed by atoms with van der Waals surface area (Å²) < 4.78 is 0. The first kappa shape index (κ1) is 9.73. The lowest BCUT2D eigenvalue weighted by atomic mass is 10.2. The van der Waals surface area contributed by atoms with Crippen LogP contribution >= 0.6 is 11.6 Å². The van der Waals surface area contributed by atoms with Crippen molar-refractivity contribution < 1.29 is 9.90 Å². The third-order valence-electron chi connectivity index (χ3n) is 3.11. The smallest absolute Gasteiger partial charge is 0.307 e. The molecule has 1 heterocycles. The van der Waals surface area contributed by atoms with Gasteiger partial charge in [0.1, 0.15) is 0 Å². The minimum atomic E-state index is -0.707. The lowest BCUT2D eigenvalue weighted by Gasteiger charge is -1.91. The Balaban J connectivity index is 1.98. The molecule has 1 aromatic heterocycles. The lowest BCUT2D eigenvalue weighted by Crippen LogP contribution is -1.98. The Bertz CT molecular complexity index is 575. The zero-order valence-electron chi connectivity index (χ0n) is 8.40. The lowest BCUT2D eigenvalue weighted by molar-refractivity contribution is -0.138. The van der Waals surface area contributed by atoms with Crippen LogP contribution in [-0.4, -0.2) is 16.1 Å². The van der Waals surface area contributed by atoms with Gasteiger partial charge in [0.15, 0.2) is 0 Å². The molecule has 0 aliphatic heterocycles. The maximum atomic E-state index is 10.8. The van der Waals surface area contributed by atoms with Crippen LogP contribution in [0.5, 0.6) is 0 Å². The van der Waals surface area contributed by atoms with Crippen LogP contribution in [0.15, 0.2) is 24.3 Å². The van der Waals surface area contributed by atoms with Gasteiger partial charge in [0.05, 0.1) is 5.92 Å². The number of benzene rings is 1. The molecule has 0 spiro atoms. The molecule has 0 unspecified atom stereocenters. The number of hydrogen-bond acceptors (Lipinski definition) is 1. The number of aromatic nitrogens is 1. The van der Waals surface area contributed by atoms with E-state index in [0.29, 0.717) is 5.02 Å². The highest BCUT2D eigenvalue weighted by Gasteiger charge is 2.45. The van der Waals surface area contributed by atoms with E-state index >= 15 is 0 Å². The van der Waals surface area contributed by atoms with Crippen LogP contribution in [0.4, 0.5) is 0 Å². The first-order valence-electron chi connectivity index (χ1n) is 5.16. The molecule has 0 amide bonds. The van der Waals surface area contributed by atoms with E-state index in [2.05, 4.69) is 4.98 Å². The summed E-state index contributed by atoms with van der Waals surface area (Å²) in [5.74, 6) is -0.783. The van der Waals surface area contributed by atoms with Crippen LogP contribution in [0.3, 0.4) is 0 Å². The molecule has 3 rings (SSSR count). The Morgan fingerprint density at radius 3 is 2.94 bits per heavy atom. The molecule has 1 aromatic carbocycles.